The van der Waals surface area contributed by atoms with Crippen molar-refractivity contribution in [3.05, 3.63) is 30.5 Å². The second kappa shape index (κ2) is 5.51. The van der Waals surface area contributed by atoms with Crippen LogP contribution in [0.2, 0.25) is 0 Å². The zero-order valence-electron chi connectivity index (χ0n) is 8.63. The van der Waals surface area contributed by atoms with Gasteiger partial charge in [-0.25, -0.2) is 4.79 Å². The van der Waals surface area contributed by atoms with Gasteiger partial charge in [-0.1, -0.05) is 12.0 Å². The Bertz CT molecular complexity index is 420. The molecule has 0 aliphatic rings. The number of rotatable bonds is 5. The Kier molecular flexibility index (Phi) is 4.04. The second-order valence-corrected chi connectivity index (χ2v) is 2.96. The van der Waals surface area contributed by atoms with Gasteiger partial charge in [0.1, 0.15) is 0 Å². The third-order valence-electron chi connectivity index (χ3n) is 1.83. The highest BCUT2D eigenvalue weighted by atomic mass is 16.4. The second-order valence-electron chi connectivity index (χ2n) is 2.96. The quantitative estimate of drug-likeness (QED) is 0.583. The summed E-state index contributed by atoms with van der Waals surface area (Å²) >= 11 is 0. The van der Waals surface area contributed by atoms with Crippen LogP contribution >= 0.6 is 0 Å². The van der Waals surface area contributed by atoms with Gasteiger partial charge < -0.3 is 10.0 Å². The minimum Gasteiger partial charge on any atom is -0.476 e. The van der Waals surface area contributed by atoms with Crippen LogP contribution in [0.5, 0.6) is 0 Å². The van der Waals surface area contributed by atoms with Gasteiger partial charge in [0, 0.05) is 6.54 Å². The Balaban J connectivity index is 2.89. The van der Waals surface area contributed by atoms with Gasteiger partial charge in [-0.3, -0.25) is 0 Å². The lowest BCUT2D eigenvalue weighted by Gasteiger charge is -2.18. The first-order chi connectivity index (χ1) is 7.69. The predicted octanol–water partition coefficient (Wildman–Crippen LogP) is 0.800. The van der Waals surface area contributed by atoms with E-state index in [2.05, 4.69) is 22.7 Å². The highest BCUT2D eigenvalue weighted by Crippen LogP contribution is 2.08. The molecule has 0 atom stereocenters. The van der Waals surface area contributed by atoms with E-state index < -0.39 is 5.97 Å². The van der Waals surface area contributed by atoms with Crippen LogP contribution in [-0.4, -0.2) is 34.4 Å². The largest absolute Gasteiger partial charge is 0.476 e. The van der Waals surface area contributed by atoms with Crippen LogP contribution in [0.4, 0.5) is 5.82 Å². The number of carbonyl (C=O) groups is 1. The molecule has 1 N–H and O–H groups in total. The minimum atomic E-state index is -1.11. The molecule has 0 fully saturated rings. The number of carboxylic acids is 1. The van der Waals surface area contributed by atoms with Crippen molar-refractivity contribution in [2.24, 2.45) is 0 Å². The van der Waals surface area contributed by atoms with Crippen LogP contribution in [0.15, 0.2) is 24.8 Å². The van der Waals surface area contributed by atoms with Crippen molar-refractivity contribution in [3.8, 4) is 12.3 Å². The number of aromatic nitrogens is 2. The van der Waals surface area contributed by atoms with E-state index in [1.807, 2.05) is 0 Å². The SMILES string of the molecule is C#CCN(CC=C)c1ccc(C(=O)O)nn1. The molecule has 0 saturated carbocycles. The molecular formula is C11H11N3O2. The summed E-state index contributed by atoms with van der Waals surface area (Å²) in [5, 5.41) is 16.0. The van der Waals surface area contributed by atoms with E-state index in [1.54, 1.807) is 17.0 Å². The van der Waals surface area contributed by atoms with Crippen LogP contribution in [0.25, 0.3) is 0 Å². The predicted molar refractivity (Wildman–Crippen MR) is 60.2 cm³/mol. The third-order valence-corrected chi connectivity index (χ3v) is 1.83. The van der Waals surface area contributed by atoms with Crippen molar-refractivity contribution >= 4 is 11.8 Å². The molecule has 0 aliphatic heterocycles. The van der Waals surface area contributed by atoms with Gasteiger partial charge in [0.15, 0.2) is 11.5 Å². The van der Waals surface area contributed by atoms with Crippen molar-refractivity contribution in [3.63, 3.8) is 0 Å². The first kappa shape index (κ1) is 11.7. The summed E-state index contributed by atoms with van der Waals surface area (Å²) in [7, 11) is 0. The van der Waals surface area contributed by atoms with Gasteiger partial charge in [-0.05, 0) is 12.1 Å². The summed E-state index contributed by atoms with van der Waals surface area (Å²) in [5.74, 6) is 1.91. The normalized spacial score (nSPS) is 9.19. The van der Waals surface area contributed by atoms with E-state index in [9.17, 15) is 4.79 Å². The standard InChI is InChI=1S/C11H11N3O2/c1-3-7-14(8-4-2)10-6-5-9(11(15)16)12-13-10/h1,4-6H,2,7-8H2,(H,15,16). The average Bonchev–Trinajstić information content (AvgIpc) is 2.29. The molecule has 1 heterocycles. The fraction of sp³-hybridized carbons (Fsp3) is 0.182. The highest BCUT2D eigenvalue weighted by Gasteiger charge is 2.08. The molecule has 0 bridgehead atoms. The molecule has 82 valence electrons. The molecule has 0 amide bonds. The zero-order chi connectivity index (χ0) is 12.0. The van der Waals surface area contributed by atoms with Crippen molar-refractivity contribution in [2.45, 2.75) is 0 Å². The summed E-state index contributed by atoms with van der Waals surface area (Å²) in [5.41, 5.74) is -0.0944. The van der Waals surface area contributed by atoms with E-state index >= 15 is 0 Å². The molecule has 1 rings (SSSR count). The van der Waals surface area contributed by atoms with E-state index in [4.69, 9.17) is 11.5 Å². The number of anilines is 1. The van der Waals surface area contributed by atoms with Gasteiger partial charge in [0.05, 0.1) is 6.54 Å². The van der Waals surface area contributed by atoms with Crippen molar-refractivity contribution in [1.82, 2.24) is 10.2 Å². The highest BCUT2D eigenvalue weighted by molar-refractivity contribution is 5.85. The molecule has 0 aromatic carbocycles. The molecule has 0 spiro atoms. The van der Waals surface area contributed by atoms with Gasteiger partial charge in [-0.2, -0.15) is 0 Å². The molecule has 5 nitrogen and oxygen atoms in total. The van der Waals surface area contributed by atoms with Crippen LogP contribution in [0.3, 0.4) is 0 Å². The van der Waals surface area contributed by atoms with Crippen molar-refractivity contribution < 1.29 is 9.90 Å². The fourth-order valence-corrected chi connectivity index (χ4v) is 1.11. The maximum Gasteiger partial charge on any atom is 0.356 e. The molecular weight excluding hydrogens is 206 g/mol. The van der Waals surface area contributed by atoms with Crippen molar-refractivity contribution in [2.75, 3.05) is 18.0 Å². The maximum absolute atomic E-state index is 10.6. The number of hydrogen-bond acceptors (Lipinski definition) is 4. The first-order valence-corrected chi connectivity index (χ1v) is 4.55. The molecule has 1 aromatic heterocycles. The average molecular weight is 217 g/mol. The van der Waals surface area contributed by atoms with Crippen LogP contribution in [-0.2, 0) is 0 Å². The zero-order valence-corrected chi connectivity index (χ0v) is 8.63. The van der Waals surface area contributed by atoms with Crippen LogP contribution in [0, 0.1) is 12.3 Å². The Labute approximate surface area is 93.4 Å². The van der Waals surface area contributed by atoms with Crippen LogP contribution < -0.4 is 4.90 Å². The fourth-order valence-electron chi connectivity index (χ4n) is 1.11. The van der Waals surface area contributed by atoms with E-state index in [0.29, 0.717) is 18.9 Å². The van der Waals surface area contributed by atoms with Gasteiger partial charge in [0.25, 0.3) is 0 Å². The number of aromatic carboxylic acids is 1. The first-order valence-electron chi connectivity index (χ1n) is 4.55. The molecule has 0 radical (unpaired) electrons. The summed E-state index contributed by atoms with van der Waals surface area (Å²) in [6.07, 6.45) is 6.89. The smallest absolute Gasteiger partial charge is 0.356 e. The molecule has 0 saturated heterocycles. The molecule has 16 heavy (non-hydrogen) atoms. The van der Waals surface area contributed by atoms with Crippen LogP contribution in [0.1, 0.15) is 10.5 Å². The van der Waals surface area contributed by atoms with E-state index in [1.165, 1.54) is 6.07 Å². The molecule has 5 heteroatoms. The third kappa shape index (κ3) is 2.82. The van der Waals surface area contributed by atoms with Gasteiger partial charge in [-0.15, -0.1) is 23.2 Å². The summed E-state index contributed by atoms with van der Waals surface area (Å²) in [4.78, 5) is 12.3. The van der Waals surface area contributed by atoms with Gasteiger partial charge >= 0.3 is 5.97 Å². The molecule has 0 aliphatic carbocycles. The number of carboxylic acid groups (broad SMARTS) is 1. The number of terminal acetylenes is 1. The lowest BCUT2D eigenvalue weighted by atomic mass is 10.3. The Hall–Kier alpha value is -2.35. The topological polar surface area (TPSA) is 66.3 Å². The number of nitrogens with zero attached hydrogens (tertiary/aromatic N) is 3. The lowest BCUT2D eigenvalue weighted by Crippen LogP contribution is -2.25. The minimum absolute atomic E-state index is 0.0944. The van der Waals surface area contributed by atoms with E-state index in [0.717, 1.165) is 0 Å². The summed E-state index contributed by atoms with van der Waals surface area (Å²) in [6.45, 7) is 4.50. The lowest BCUT2D eigenvalue weighted by molar-refractivity contribution is 0.0689. The summed E-state index contributed by atoms with van der Waals surface area (Å²) < 4.78 is 0. The summed E-state index contributed by atoms with van der Waals surface area (Å²) in [6, 6.07) is 2.95. The van der Waals surface area contributed by atoms with Crippen molar-refractivity contribution in [1.29, 1.82) is 0 Å². The molecule has 1 aromatic rings. The van der Waals surface area contributed by atoms with E-state index in [-0.39, 0.29) is 5.69 Å². The maximum atomic E-state index is 10.6. The Morgan fingerprint density at radius 3 is 2.81 bits per heavy atom. The Morgan fingerprint density at radius 2 is 2.38 bits per heavy atom. The van der Waals surface area contributed by atoms with Gasteiger partial charge in [0.2, 0.25) is 0 Å². The monoisotopic (exact) mass is 217 g/mol. The molecule has 0 unspecified atom stereocenters. The Morgan fingerprint density at radius 1 is 1.62 bits per heavy atom. The number of hydrogen-bond donors (Lipinski definition) is 1.